The van der Waals surface area contributed by atoms with E-state index in [1.807, 2.05) is 0 Å². The zero-order valence-corrected chi connectivity index (χ0v) is 12.2. The molecule has 0 amide bonds. The van der Waals surface area contributed by atoms with E-state index in [1.165, 1.54) is 12.8 Å². The van der Waals surface area contributed by atoms with Crippen molar-refractivity contribution in [2.75, 3.05) is 19.8 Å². The first-order chi connectivity index (χ1) is 9.03. The average molecular weight is 266 g/mol. The van der Waals surface area contributed by atoms with Crippen LogP contribution in [0.3, 0.4) is 0 Å². The molecule has 3 nitrogen and oxygen atoms in total. The molecule has 3 unspecified atom stereocenters. The maximum Gasteiger partial charge on any atom is 0.139 e. The fourth-order valence-electron chi connectivity index (χ4n) is 4.27. The summed E-state index contributed by atoms with van der Waals surface area (Å²) in [6.07, 6.45) is 6.25. The Morgan fingerprint density at radius 1 is 1.16 bits per heavy atom. The van der Waals surface area contributed by atoms with Crippen molar-refractivity contribution in [3.8, 4) is 0 Å². The van der Waals surface area contributed by atoms with Crippen LogP contribution in [0, 0.1) is 17.3 Å². The van der Waals surface area contributed by atoms with E-state index in [0.717, 1.165) is 38.9 Å². The van der Waals surface area contributed by atoms with Crippen LogP contribution in [-0.4, -0.2) is 31.2 Å². The standard InChI is InChI=1S/C16H26O3/c1-15(2)6-3-4-13(15)14(17)12-5-8-19-16(10-12)7-9-18-11-16/h12-13H,3-11H2,1-2H3. The van der Waals surface area contributed by atoms with Gasteiger partial charge in [0.15, 0.2) is 0 Å². The van der Waals surface area contributed by atoms with Crippen molar-refractivity contribution < 1.29 is 14.3 Å². The quantitative estimate of drug-likeness (QED) is 0.771. The van der Waals surface area contributed by atoms with Gasteiger partial charge in [0.05, 0.1) is 12.2 Å². The molecule has 0 bridgehead atoms. The van der Waals surface area contributed by atoms with E-state index >= 15 is 0 Å². The van der Waals surface area contributed by atoms with E-state index < -0.39 is 0 Å². The second-order valence-electron chi connectivity index (χ2n) is 7.36. The fraction of sp³-hybridized carbons (Fsp3) is 0.938. The fourth-order valence-corrected chi connectivity index (χ4v) is 4.27. The Kier molecular flexibility index (Phi) is 3.46. The van der Waals surface area contributed by atoms with Gasteiger partial charge in [-0.05, 0) is 31.1 Å². The number of Topliss-reactive ketones (excluding diaryl/α,β-unsaturated/α-hetero) is 1. The molecule has 3 atom stereocenters. The Hall–Kier alpha value is -0.410. The molecular formula is C16H26O3. The second-order valence-corrected chi connectivity index (χ2v) is 7.36. The summed E-state index contributed by atoms with van der Waals surface area (Å²) in [4.78, 5) is 12.9. The number of hydrogen-bond donors (Lipinski definition) is 0. The van der Waals surface area contributed by atoms with Crippen LogP contribution < -0.4 is 0 Å². The average Bonchev–Trinajstić information content (AvgIpc) is 2.95. The molecule has 0 N–H and O–H groups in total. The van der Waals surface area contributed by atoms with Crippen molar-refractivity contribution in [3.63, 3.8) is 0 Å². The lowest BCUT2D eigenvalue weighted by atomic mass is 9.72. The van der Waals surface area contributed by atoms with Gasteiger partial charge in [-0.2, -0.15) is 0 Å². The third-order valence-electron chi connectivity index (χ3n) is 5.56. The van der Waals surface area contributed by atoms with E-state index in [0.29, 0.717) is 12.4 Å². The zero-order valence-electron chi connectivity index (χ0n) is 12.2. The molecule has 3 fully saturated rings. The molecule has 3 heteroatoms. The Labute approximate surface area is 116 Å². The Balaban J connectivity index is 1.70. The highest BCUT2D eigenvalue weighted by molar-refractivity contribution is 5.84. The van der Waals surface area contributed by atoms with E-state index in [1.54, 1.807) is 0 Å². The maximum atomic E-state index is 12.9. The van der Waals surface area contributed by atoms with Gasteiger partial charge >= 0.3 is 0 Å². The number of hydrogen-bond acceptors (Lipinski definition) is 3. The summed E-state index contributed by atoms with van der Waals surface area (Å²) in [7, 11) is 0. The maximum absolute atomic E-state index is 12.9. The predicted molar refractivity (Wildman–Crippen MR) is 73.0 cm³/mol. The molecule has 3 aliphatic rings. The van der Waals surface area contributed by atoms with Gasteiger partial charge in [0, 0.05) is 31.5 Å². The van der Waals surface area contributed by atoms with Crippen LogP contribution in [0.25, 0.3) is 0 Å². The molecule has 1 aliphatic carbocycles. The summed E-state index contributed by atoms with van der Waals surface area (Å²) in [5.41, 5.74) is 0.0655. The molecule has 2 aliphatic heterocycles. The van der Waals surface area contributed by atoms with E-state index in [4.69, 9.17) is 9.47 Å². The summed E-state index contributed by atoms with van der Waals surface area (Å²) >= 11 is 0. The molecule has 0 radical (unpaired) electrons. The largest absolute Gasteiger partial charge is 0.378 e. The molecule has 1 saturated carbocycles. The second kappa shape index (κ2) is 4.85. The van der Waals surface area contributed by atoms with Crippen molar-refractivity contribution in [3.05, 3.63) is 0 Å². The highest BCUT2D eigenvalue weighted by Gasteiger charge is 2.47. The molecule has 0 aromatic carbocycles. The van der Waals surface area contributed by atoms with Gasteiger partial charge in [0.1, 0.15) is 5.78 Å². The highest BCUT2D eigenvalue weighted by atomic mass is 16.6. The topological polar surface area (TPSA) is 35.5 Å². The third-order valence-corrected chi connectivity index (χ3v) is 5.56. The van der Waals surface area contributed by atoms with Gasteiger partial charge in [-0.15, -0.1) is 0 Å². The molecule has 0 aromatic heterocycles. The summed E-state index contributed by atoms with van der Waals surface area (Å²) < 4.78 is 11.4. The van der Waals surface area contributed by atoms with Gasteiger partial charge in [-0.1, -0.05) is 20.3 Å². The minimum absolute atomic E-state index is 0.138. The first-order valence-corrected chi connectivity index (χ1v) is 7.78. The predicted octanol–water partition coefficient (Wildman–Crippen LogP) is 2.97. The Morgan fingerprint density at radius 3 is 2.63 bits per heavy atom. The lowest BCUT2D eigenvalue weighted by Crippen LogP contribution is -2.44. The van der Waals surface area contributed by atoms with E-state index in [9.17, 15) is 4.79 Å². The van der Waals surface area contributed by atoms with Crippen molar-refractivity contribution in [1.82, 2.24) is 0 Å². The van der Waals surface area contributed by atoms with Gasteiger partial charge < -0.3 is 9.47 Å². The van der Waals surface area contributed by atoms with Crippen LogP contribution in [-0.2, 0) is 14.3 Å². The smallest absolute Gasteiger partial charge is 0.139 e. The molecule has 1 spiro atoms. The van der Waals surface area contributed by atoms with Crippen LogP contribution in [0.1, 0.15) is 52.4 Å². The number of rotatable bonds is 2. The highest BCUT2D eigenvalue weighted by Crippen LogP contribution is 2.46. The molecule has 2 heterocycles. The Bertz CT molecular complexity index is 355. The minimum Gasteiger partial charge on any atom is -0.378 e. The summed E-state index contributed by atoms with van der Waals surface area (Å²) in [6.45, 7) is 6.72. The van der Waals surface area contributed by atoms with E-state index in [2.05, 4.69) is 13.8 Å². The van der Waals surface area contributed by atoms with Crippen LogP contribution in [0.5, 0.6) is 0 Å². The molecule has 19 heavy (non-hydrogen) atoms. The first-order valence-electron chi connectivity index (χ1n) is 7.78. The van der Waals surface area contributed by atoms with Crippen LogP contribution >= 0.6 is 0 Å². The van der Waals surface area contributed by atoms with Crippen LogP contribution in [0.2, 0.25) is 0 Å². The summed E-state index contributed by atoms with van der Waals surface area (Å²) in [5.74, 6) is 0.991. The normalized spacial score (nSPS) is 41.8. The van der Waals surface area contributed by atoms with Gasteiger partial charge in [-0.25, -0.2) is 0 Å². The van der Waals surface area contributed by atoms with E-state index in [-0.39, 0.29) is 22.9 Å². The Morgan fingerprint density at radius 2 is 2.00 bits per heavy atom. The molecule has 108 valence electrons. The van der Waals surface area contributed by atoms with Crippen molar-refractivity contribution in [2.24, 2.45) is 17.3 Å². The number of ether oxygens (including phenoxy) is 2. The lowest BCUT2D eigenvalue weighted by Gasteiger charge is -2.38. The molecule has 3 rings (SSSR count). The van der Waals surface area contributed by atoms with Gasteiger partial charge in [0.2, 0.25) is 0 Å². The van der Waals surface area contributed by atoms with Crippen molar-refractivity contribution in [2.45, 2.75) is 58.0 Å². The first kappa shape index (κ1) is 13.6. The van der Waals surface area contributed by atoms with Gasteiger partial charge in [0.25, 0.3) is 0 Å². The number of carbonyl (C=O) groups excluding carboxylic acids is 1. The van der Waals surface area contributed by atoms with Crippen molar-refractivity contribution >= 4 is 5.78 Å². The third kappa shape index (κ3) is 2.47. The van der Waals surface area contributed by atoms with Crippen LogP contribution in [0.15, 0.2) is 0 Å². The number of carbonyl (C=O) groups is 1. The minimum atomic E-state index is -0.138. The monoisotopic (exact) mass is 266 g/mol. The number of ketones is 1. The SMILES string of the molecule is CC1(C)CCCC1C(=O)C1CCOC2(CCOC2)C1. The lowest BCUT2D eigenvalue weighted by molar-refractivity contribution is -0.143. The molecule has 2 saturated heterocycles. The summed E-state index contributed by atoms with van der Waals surface area (Å²) in [5, 5.41) is 0. The zero-order chi connectivity index (χ0) is 13.5. The van der Waals surface area contributed by atoms with Gasteiger partial charge in [-0.3, -0.25) is 4.79 Å². The molecular weight excluding hydrogens is 240 g/mol. The summed E-state index contributed by atoms with van der Waals surface area (Å²) in [6, 6.07) is 0. The van der Waals surface area contributed by atoms with Crippen LogP contribution in [0.4, 0.5) is 0 Å². The van der Waals surface area contributed by atoms with Crippen molar-refractivity contribution in [1.29, 1.82) is 0 Å². The molecule has 0 aromatic rings.